The number of carboxylic acids is 1. The number of terminal acetylenes is 1. The number of aliphatic carboxylic acids is 1. The molecule has 0 aliphatic rings. The van der Waals surface area contributed by atoms with Gasteiger partial charge in [-0.15, -0.1) is 6.42 Å². The Labute approximate surface area is 283 Å². The monoisotopic (exact) mass is 700 g/mol. The van der Waals surface area contributed by atoms with Gasteiger partial charge in [-0.3, -0.25) is 14.4 Å². The Morgan fingerprint density at radius 2 is 1.72 bits per heavy atom. The molecule has 0 unspecified atom stereocenters. The molecule has 50 heavy (non-hydrogen) atoms. The van der Waals surface area contributed by atoms with Crippen molar-refractivity contribution in [2.24, 2.45) is 5.92 Å². The van der Waals surface area contributed by atoms with Gasteiger partial charge in [0.1, 0.15) is 23.5 Å². The van der Waals surface area contributed by atoms with E-state index in [1.165, 1.54) is 30.9 Å². The Bertz CT molecular complexity index is 1990. The van der Waals surface area contributed by atoms with Crippen LogP contribution in [0.5, 0.6) is 0 Å². The maximum atomic E-state index is 16.5. The van der Waals surface area contributed by atoms with Crippen LogP contribution in [0.4, 0.5) is 26.3 Å². The van der Waals surface area contributed by atoms with Gasteiger partial charge in [-0.2, -0.15) is 13.2 Å². The third-order valence-corrected chi connectivity index (χ3v) is 8.20. The van der Waals surface area contributed by atoms with Gasteiger partial charge in [0.15, 0.2) is 0 Å². The van der Waals surface area contributed by atoms with Crippen molar-refractivity contribution in [3.8, 4) is 23.5 Å². The predicted octanol–water partition coefficient (Wildman–Crippen LogP) is 6.91. The van der Waals surface area contributed by atoms with Gasteiger partial charge >= 0.3 is 12.1 Å². The second-order valence-electron chi connectivity index (χ2n) is 12.4. The molecule has 2 heterocycles. The molecule has 0 saturated carbocycles. The van der Waals surface area contributed by atoms with E-state index >= 15 is 8.78 Å². The first-order valence-electron chi connectivity index (χ1n) is 15.5. The smallest absolute Gasteiger partial charge is 0.416 e. The summed E-state index contributed by atoms with van der Waals surface area (Å²) in [4.78, 5) is 43.0. The molecule has 4 aromatic rings. The number of pyridine rings is 1. The van der Waals surface area contributed by atoms with Crippen molar-refractivity contribution >= 4 is 11.9 Å². The van der Waals surface area contributed by atoms with Crippen LogP contribution in [0.25, 0.3) is 11.1 Å². The number of alkyl halides is 3. The number of halogens is 6. The number of rotatable bonds is 12. The van der Waals surface area contributed by atoms with E-state index in [2.05, 4.69) is 16.2 Å². The number of nitrogens with zero attached hydrogens (tertiary/aromatic N) is 3. The summed E-state index contributed by atoms with van der Waals surface area (Å²) in [5.74, 6) is -3.95. The summed E-state index contributed by atoms with van der Waals surface area (Å²) in [6.45, 7) is 6.38. The van der Waals surface area contributed by atoms with Gasteiger partial charge in [-0.05, 0) is 73.1 Å². The molecule has 264 valence electrons. The number of amides is 1. The van der Waals surface area contributed by atoms with E-state index in [-0.39, 0.29) is 58.7 Å². The van der Waals surface area contributed by atoms with Crippen molar-refractivity contribution in [1.29, 1.82) is 0 Å². The molecule has 0 spiro atoms. The number of hydrogen-bond acceptors (Lipinski definition) is 4. The molecule has 8 nitrogen and oxygen atoms in total. The molecule has 2 aromatic carbocycles. The molecular formula is C36H34F6N4O4. The molecule has 0 fully saturated rings. The van der Waals surface area contributed by atoms with Gasteiger partial charge in [-0.25, -0.2) is 18.2 Å². The minimum Gasteiger partial charge on any atom is -0.481 e. The highest BCUT2D eigenvalue weighted by molar-refractivity contribution is 5.82. The molecule has 0 aliphatic carbocycles. The zero-order chi connectivity index (χ0) is 37.1. The predicted molar refractivity (Wildman–Crippen MR) is 172 cm³/mol. The molecule has 0 aliphatic heterocycles. The SMILES string of the molecule is C#Cc1cc(F)c([C@@H](CC(=O)O)NC(=O)[C@@H](CC(C)C)n2cc(CCn3ccnc3)c(C(F)(F)F)cc2=O)c(F)c1-c1c(C)cc(F)cc1C. The van der Waals surface area contributed by atoms with E-state index in [0.29, 0.717) is 6.07 Å². The Morgan fingerprint density at radius 3 is 2.26 bits per heavy atom. The molecule has 2 aromatic heterocycles. The lowest BCUT2D eigenvalue weighted by atomic mass is 9.88. The van der Waals surface area contributed by atoms with Crippen molar-refractivity contribution in [1.82, 2.24) is 19.4 Å². The maximum absolute atomic E-state index is 16.5. The van der Waals surface area contributed by atoms with Gasteiger partial charge in [0.05, 0.1) is 24.4 Å². The Kier molecular flexibility index (Phi) is 11.3. The second-order valence-corrected chi connectivity index (χ2v) is 12.4. The highest BCUT2D eigenvalue weighted by Crippen LogP contribution is 2.38. The number of nitrogens with one attached hydrogen (secondary N) is 1. The highest BCUT2D eigenvalue weighted by atomic mass is 19.4. The number of hydrogen-bond donors (Lipinski definition) is 2. The van der Waals surface area contributed by atoms with E-state index in [1.54, 1.807) is 20.0 Å². The fourth-order valence-electron chi connectivity index (χ4n) is 6.05. The first kappa shape index (κ1) is 37.5. The molecule has 0 bridgehead atoms. The van der Waals surface area contributed by atoms with Crippen LogP contribution in [0.15, 0.2) is 54.0 Å². The van der Waals surface area contributed by atoms with Gasteiger partial charge in [-0.1, -0.05) is 19.8 Å². The lowest BCUT2D eigenvalue weighted by Gasteiger charge is -2.27. The largest absolute Gasteiger partial charge is 0.481 e. The van der Waals surface area contributed by atoms with E-state index in [9.17, 15) is 37.1 Å². The van der Waals surface area contributed by atoms with Crippen molar-refractivity contribution in [3.05, 3.63) is 110 Å². The molecule has 4 rings (SSSR count). The first-order chi connectivity index (χ1) is 23.4. The van der Waals surface area contributed by atoms with Gasteiger partial charge in [0, 0.05) is 47.9 Å². The van der Waals surface area contributed by atoms with Crippen LogP contribution in [-0.2, 0) is 28.7 Å². The van der Waals surface area contributed by atoms with Crippen LogP contribution in [0, 0.1) is 49.6 Å². The minimum atomic E-state index is -4.90. The summed E-state index contributed by atoms with van der Waals surface area (Å²) in [6.07, 6.45) is 4.66. The molecule has 1 amide bonds. The standard InChI is InChI=1S/C36H34F6N4O4/c1-6-22-14-26(38)33(34(39)32(22)31-20(4)12-24(37)13-21(31)5)27(16-30(48)49)44-35(50)28(11-19(2)3)46-17-23(7-9-45-10-8-43-18-45)25(15-29(46)47)36(40,41)42/h1,8,10,12-15,17-19,27-28H,7,9,11,16H2,2-5H3,(H,44,50)(H,48,49)/t27-,28-/m1/s1. The van der Waals surface area contributed by atoms with E-state index in [1.807, 2.05) is 0 Å². The van der Waals surface area contributed by atoms with E-state index in [0.717, 1.165) is 29.0 Å². The average Bonchev–Trinajstić information content (AvgIpc) is 3.52. The van der Waals surface area contributed by atoms with Crippen LogP contribution in [-0.4, -0.2) is 31.1 Å². The van der Waals surface area contributed by atoms with Gasteiger partial charge < -0.3 is 19.6 Å². The van der Waals surface area contributed by atoms with Crippen LogP contribution < -0.4 is 10.9 Å². The molecular weight excluding hydrogens is 666 g/mol. The zero-order valence-electron chi connectivity index (χ0n) is 27.5. The summed E-state index contributed by atoms with van der Waals surface area (Å²) in [5.41, 5.74) is -3.46. The normalized spacial score (nSPS) is 12.8. The number of carboxylic acid groups (broad SMARTS) is 1. The van der Waals surface area contributed by atoms with Crippen molar-refractivity contribution in [3.63, 3.8) is 0 Å². The number of carbonyl (C=O) groups excluding carboxylic acids is 1. The number of benzene rings is 2. The summed E-state index contributed by atoms with van der Waals surface area (Å²) >= 11 is 0. The Hall–Kier alpha value is -5.32. The third kappa shape index (κ3) is 8.27. The van der Waals surface area contributed by atoms with Gasteiger partial charge in [0.25, 0.3) is 5.56 Å². The number of aromatic nitrogens is 3. The lowest BCUT2D eigenvalue weighted by molar-refractivity contribution is -0.139. The minimum absolute atomic E-state index is 0.0601. The highest BCUT2D eigenvalue weighted by Gasteiger charge is 2.36. The Morgan fingerprint density at radius 1 is 1.06 bits per heavy atom. The molecule has 0 radical (unpaired) electrons. The second kappa shape index (κ2) is 15.1. The topological polar surface area (TPSA) is 106 Å². The zero-order valence-corrected chi connectivity index (χ0v) is 27.5. The van der Waals surface area contributed by atoms with Crippen molar-refractivity contribution in [2.45, 2.75) is 71.8 Å². The van der Waals surface area contributed by atoms with Crippen molar-refractivity contribution in [2.75, 3.05) is 0 Å². The summed E-state index contributed by atoms with van der Waals surface area (Å²) in [7, 11) is 0. The summed E-state index contributed by atoms with van der Waals surface area (Å²) < 4.78 is 90.8. The Balaban J connectivity index is 1.85. The average molecular weight is 701 g/mol. The summed E-state index contributed by atoms with van der Waals surface area (Å²) in [5, 5.41) is 12.1. The number of carbonyl (C=O) groups is 2. The van der Waals surface area contributed by atoms with Crippen LogP contribution in [0.1, 0.15) is 72.2 Å². The molecule has 2 N–H and O–H groups in total. The van der Waals surface area contributed by atoms with E-state index in [4.69, 9.17) is 6.42 Å². The molecule has 14 heteroatoms. The summed E-state index contributed by atoms with van der Waals surface area (Å²) in [6, 6.07) is 0.0381. The van der Waals surface area contributed by atoms with Crippen LogP contribution in [0.3, 0.4) is 0 Å². The molecule has 0 saturated heterocycles. The van der Waals surface area contributed by atoms with Crippen LogP contribution in [0.2, 0.25) is 0 Å². The number of aryl methyl sites for hydroxylation is 4. The van der Waals surface area contributed by atoms with E-state index < -0.39 is 70.7 Å². The quantitative estimate of drug-likeness (QED) is 0.124. The number of imidazole rings is 1. The lowest BCUT2D eigenvalue weighted by Crippen LogP contribution is -2.41. The maximum Gasteiger partial charge on any atom is 0.416 e. The molecule has 2 atom stereocenters. The third-order valence-electron chi connectivity index (χ3n) is 8.20. The van der Waals surface area contributed by atoms with Crippen molar-refractivity contribution < 1.29 is 41.0 Å². The van der Waals surface area contributed by atoms with Gasteiger partial charge in [0.2, 0.25) is 5.91 Å². The fraction of sp³-hybridized carbons (Fsp3) is 0.333. The first-order valence-corrected chi connectivity index (χ1v) is 15.5. The van der Waals surface area contributed by atoms with Crippen LogP contribution >= 0.6 is 0 Å². The fourth-order valence-corrected chi connectivity index (χ4v) is 6.05.